The van der Waals surface area contributed by atoms with Gasteiger partial charge in [-0.05, 0) is 26.9 Å². The first kappa shape index (κ1) is 17.7. The highest BCUT2D eigenvalue weighted by Crippen LogP contribution is 2.36. The smallest absolute Gasteiger partial charge is 0.353 e. The maximum absolute atomic E-state index is 12.1. The van der Waals surface area contributed by atoms with Crippen molar-refractivity contribution in [3.63, 3.8) is 0 Å². The van der Waals surface area contributed by atoms with Crippen LogP contribution >= 0.6 is 0 Å². The molecule has 1 aliphatic rings. The topological polar surface area (TPSA) is 63.1 Å². The second-order valence-electron chi connectivity index (χ2n) is 6.32. The third-order valence-electron chi connectivity index (χ3n) is 3.96. The molecule has 1 aromatic heterocycles. The van der Waals surface area contributed by atoms with Gasteiger partial charge in [0.15, 0.2) is 0 Å². The molecule has 2 rings (SSSR count). The summed E-state index contributed by atoms with van der Waals surface area (Å²) in [5.41, 5.74) is 0. The number of hydrogen-bond acceptors (Lipinski definition) is 4. The summed E-state index contributed by atoms with van der Waals surface area (Å²) < 4.78 is 38.2. The number of nitrogens with one attached hydrogen (secondary N) is 1. The summed E-state index contributed by atoms with van der Waals surface area (Å²) >= 11 is 0. The van der Waals surface area contributed by atoms with Crippen LogP contribution in [0.5, 0.6) is 0 Å². The van der Waals surface area contributed by atoms with Crippen LogP contribution in [-0.4, -0.2) is 51.9 Å². The van der Waals surface area contributed by atoms with E-state index in [1.807, 2.05) is 30.6 Å². The van der Waals surface area contributed by atoms with Crippen molar-refractivity contribution in [1.29, 1.82) is 0 Å². The predicted octanol–water partition coefficient (Wildman–Crippen LogP) is 1.58. The van der Waals surface area contributed by atoms with Gasteiger partial charge in [0.1, 0.15) is 11.6 Å². The zero-order valence-corrected chi connectivity index (χ0v) is 13.5. The van der Waals surface area contributed by atoms with Crippen LogP contribution in [0.2, 0.25) is 0 Å². The second kappa shape index (κ2) is 6.86. The zero-order chi connectivity index (χ0) is 17.2. The van der Waals surface area contributed by atoms with Crippen molar-refractivity contribution in [2.75, 3.05) is 14.1 Å². The van der Waals surface area contributed by atoms with E-state index in [1.165, 1.54) is 0 Å². The lowest BCUT2D eigenvalue weighted by Crippen LogP contribution is -2.44. The highest BCUT2D eigenvalue weighted by atomic mass is 19.4. The quantitative estimate of drug-likeness (QED) is 0.859. The van der Waals surface area contributed by atoms with E-state index in [-0.39, 0.29) is 12.0 Å². The Bertz CT molecular complexity index is 549. The molecule has 23 heavy (non-hydrogen) atoms. The number of rotatable bonds is 6. The maximum atomic E-state index is 12.1. The van der Waals surface area contributed by atoms with Crippen LogP contribution in [0.3, 0.4) is 0 Å². The Morgan fingerprint density at radius 3 is 2.57 bits per heavy atom. The van der Waals surface area contributed by atoms with Gasteiger partial charge >= 0.3 is 6.18 Å². The maximum Gasteiger partial charge on any atom is 0.389 e. The molecule has 130 valence electrons. The molecule has 1 heterocycles. The minimum absolute atomic E-state index is 0.0743. The summed E-state index contributed by atoms with van der Waals surface area (Å²) in [7, 11) is 5.80. The molecule has 0 atom stereocenters. The highest BCUT2D eigenvalue weighted by molar-refractivity contribution is 5.76. The third-order valence-corrected chi connectivity index (χ3v) is 3.96. The lowest BCUT2D eigenvalue weighted by Gasteiger charge is -2.35. The summed E-state index contributed by atoms with van der Waals surface area (Å²) in [5.74, 6) is 1.37. The van der Waals surface area contributed by atoms with Crippen molar-refractivity contribution >= 4 is 5.91 Å². The average molecular weight is 333 g/mol. The van der Waals surface area contributed by atoms with E-state index < -0.39 is 24.9 Å². The number of aromatic nitrogens is 3. The Morgan fingerprint density at radius 2 is 2.00 bits per heavy atom. The van der Waals surface area contributed by atoms with Crippen LogP contribution in [-0.2, 0) is 18.4 Å². The molecule has 0 bridgehead atoms. The van der Waals surface area contributed by atoms with Crippen LogP contribution in [0.1, 0.15) is 43.3 Å². The fourth-order valence-corrected chi connectivity index (χ4v) is 2.65. The van der Waals surface area contributed by atoms with Crippen LogP contribution in [0, 0.1) is 0 Å². The summed E-state index contributed by atoms with van der Waals surface area (Å²) in [6.07, 6.45) is -4.51. The number of amides is 1. The number of nitrogens with zero attached hydrogens (tertiary/aromatic N) is 4. The lowest BCUT2D eigenvalue weighted by molar-refractivity contribution is -0.144. The Hall–Kier alpha value is -1.64. The van der Waals surface area contributed by atoms with E-state index in [1.54, 1.807) is 0 Å². The molecule has 1 saturated carbocycles. The summed E-state index contributed by atoms with van der Waals surface area (Å²) in [5, 5.41) is 11.0. The second-order valence-corrected chi connectivity index (χ2v) is 6.32. The van der Waals surface area contributed by atoms with Gasteiger partial charge in [0.2, 0.25) is 5.91 Å². The number of hydrogen-bond donors (Lipinski definition) is 1. The van der Waals surface area contributed by atoms with E-state index in [0.29, 0.717) is 19.4 Å². The van der Waals surface area contributed by atoms with Gasteiger partial charge in [-0.25, -0.2) is 0 Å². The molecule has 0 saturated heterocycles. The van der Waals surface area contributed by atoms with E-state index in [0.717, 1.165) is 11.6 Å². The average Bonchev–Trinajstić information content (AvgIpc) is 2.71. The monoisotopic (exact) mass is 333 g/mol. The molecule has 0 aliphatic heterocycles. The van der Waals surface area contributed by atoms with E-state index in [9.17, 15) is 18.0 Å². The summed E-state index contributed by atoms with van der Waals surface area (Å²) in [6, 6.07) is -0.0743. The van der Waals surface area contributed by atoms with Gasteiger partial charge in [0, 0.05) is 25.4 Å². The van der Waals surface area contributed by atoms with Crippen molar-refractivity contribution in [3.05, 3.63) is 11.6 Å². The molecule has 6 nitrogen and oxygen atoms in total. The third kappa shape index (κ3) is 4.92. The zero-order valence-electron chi connectivity index (χ0n) is 13.5. The van der Waals surface area contributed by atoms with Gasteiger partial charge in [-0.3, -0.25) is 4.79 Å². The van der Waals surface area contributed by atoms with Crippen molar-refractivity contribution in [2.24, 2.45) is 7.05 Å². The van der Waals surface area contributed by atoms with Gasteiger partial charge in [-0.2, -0.15) is 13.2 Å². The van der Waals surface area contributed by atoms with Crippen LogP contribution in [0.25, 0.3) is 0 Å². The Morgan fingerprint density at radius 1 is 1.35 bits per heavy atom. The van der Waals surface area contributed by atoms with E-state index >= 15 is 0 Å². The van der Waals surface area contributed by atoms with Gasteiger partial charge in [-0.1, -0.05) is 0 Å². The van der Waals surface area contributed by atoms with Gasteiger partial charge in [-0.15, -0.1) is 10.2 Å². The predicted molar refractivity (Wildman–Crippen MR) is 77.6 cm³/mol. The van der Waals surface area contributed by atoms with Crippen molar-refractivity contribution in [1.82, 2.24) is 25.0 Å². The first-order chi connectivity index (χ1) is 10.7. The van der Waals surface area contributed by atoms with Crippen molar-refractivity contribution in [3.8, 4) is 0 Å². The Kier molecular flexibility index (Phi) is 5.28. The van der Waals surface area contributed by atoms with Crippen LogP contribution in [0.4, 0.5) is 13.2 Å². The number of alkyl halides is 3. The normalized spacial score (nSPS) is 21.3. The Labute approximate surface area is 133 Å². The molecule has 1 N–H and O–H groups in total. The minimum Gasteiger partial charge on any atom is -0.353 e. The largest absolute Gasteiger partial charge is 0.389 e. The minimum atomic E-state index is -4.29. The number of halogens is 3. The molecule has 1 amide bonds. The van der Waals surface area contributed by atoms with Gasteiger partial charge in [0.25, 0.3) is 0 Å². The SMILES string of the molecule is CN(C)Cc1nnc(C2CC(NC(=O)CCC(F)(F)F)C2)n1C. The molecule has 1 aliphatic carbocycles. The van der Waals surface area contributed by atoms with Crippen molar-refractivity contribution in [2.45, 2.75) is 50.4 Å². The molecular weight excluding hydrogens is 311 g/mol. The Balaban J connectivity index is 1.79. The fourth-order valence-electron chi connectivity index (χ4n) is 2.65. The molecule has 1 fully saturated rings. The molecule has 0 aromatic carbocycles. The van der Waals surface area contributed by atoms with Gasteiger partial charge < -0.3 is 14.8 Å². The summed E-state index contributed by atoms with van der Waals surface area (Å²) in [4.78, 5) is 13.5. The van der Waals surface area contributed by atoms with E-state index in [2.05, 4.69) is 15.5 Å². The molecule has 0 unspecified atom stereocenters. The van der Waals surface area contributed by atoms with E-state index in [4.69, 9.17) is 0 Å². The molecular formula is C14H22F3N5O. The first-order valence-corrected chi connectivity index (χ1v) is 7.54. The first-order valence-electron chi connectivity index (χ1n) is 7.54. The highest BCUT2D eigenvalue weighted by Gasteiger charge is 2.35. The van der Waals surface area contributed by atoms with Crippen LogP contribution < -0.4 is 5.32 Å². The standard InChI is InChI=1S/C14H22F3N5O/c1-21(2)8-11-19-20-13(22(11)3)9-6-10(7-9)18-12(23)4-5-14(15,16)17/h9-10H,4-8H2,1-3H3,(H,18,23). The molecule has 0 radical (unpaired) electrons. The lowest BCUT2D eigenvalue weighted by atomic mass is 9.79. The number of carbonyl (C=O) groups is 1. The summed E-state index contributed by atoms with van der Waals surface area (Å²) in [6.45, 7) is 0.688. The molecule has 9 heteroatoms. The van der Waals surface area contributed by atoms with Gasteiger partial charge in [0.05, 0.1) is 13.0 Å². The van der Waals surface area contributed by atoms with Crippen molar-refractivity contribution < 1.29 is 18.0 Å². The molecule has 0 spiro atoms. The fraction of sp³-hybridized carbons (Fsp3) is 0.786. The van der Waals surface area contributed by atoms with Crippen LogP contribution in [0.15, 0.2) is 0 Å². The number of carbonyl (C=O) groups excluding carboxylic acids is 1. The molecule has 1 aromatic rings.